The maximum absolute atomic E-state index is 12.6. The molecular formula is C15H14F3N3O3. The van der Waals surface area contributed by atoms with E-state index >= 15 is 0 Å². The molecule has 0 unspecified atom stereocenters. The number of hydrogen-bond donors (Lipinski definition) is 1. The molecule has 3 amide bonds. The lowest BCUT2D eigenvalue weighted by Crippen LogP contribution is -2.66. The van der Waals surface area contributed by atoms with E-state index in [4.69, 9.17) is 0 Å². The first-order valence-electron chi connectivity index (χ1n) is 7.31. The lowest BCUT2D eigenvalue weighted by Gasteiger charge is -2.42. The molecule has 1 aromatic carbocycles. The van der Waals surface area contributed by atoms with Crippen LogP contribution in [0.2, 0.25) is 0 Å². The zero-order valence-corrected chi connectivity index (χ0v) is 12.5. The SMILES string of the molecule is O=C1NCC(=O)N2CCN(C(=O)c3ccc(C(F)(F)F)cc3)C[C@@H]12. The van der Waals surface area contributed by atoms with E-state index in [1.54, 1.807) is 0 Å². The van der Waals surface area contributed by atoms with Crippen molar-refractivity contribution in [3.8, 4) is 0 Å². The normalized spacial score (nSPS) is 21.4. The number of rotatable bonds is 1. The van der Waals surface area contributed by atoms with E-state index in [0.717, 1.165) is 24.3 Å². The fourth-order valence-corrected chi connectivity index (χ4v) is 2.86. The number of carbonyl (C=O) groups is 3. The van der Waals surface area contributed by atoms with Crippen LogP contribution in [-0.4, -0.2) is 59.7 Å². The van der Waals surface area contributed by atoms with Gasteiger partial charge in [0.15, 0.2) is 0 Å². The van der Waals surface area contributed by atoms with Crippen LogP contribution in [0, 0.1) is 0 Å². The number of nitrogens with one attached hydrogen (secondary N) is 1. The number of amides is 3. The van der Waals surface area contributed by atoms with Gasteiger partial charge in [-0.15, -0.1) is 0 Å². The first-order chi connectivity index (χ1) is 11.3. The van der Waals surface area contributed by atoms with Gasteiger partial charge in [-0.05, 0) is 24.3 Å². The summed E-state index contributed by atoms with van der Waals surface area (Å²) in [7, 11) is 0. The Morgan fingerprint density at radius 1 is 1.12 bits per heavy atom. The fourth-order valence-electron chi connectivity index (χ4n) is 2.86. The van der Waals surface area contributed by atoms with E-state index in [1.807, 2.05) is 0 Å². The second-order valence-corrected chi connectivity index (χ2v) is 5.65. The highest BCUT2D eigenvalue weighted by Gasteiger charge is 2.40. The average Bonchev–Trinajstić information content (AvgIpc) is 2.57. The summed E-state index contributed by atoms with van der Waals surface area (Å²) in [6, 6.07) is 3.17. The number of hydrogen-bond acceptors (Lipinski definition) is 3. The predicted molar refractivity (Wildman–Crippen MR) is 75.9 cm³/mol. The van der Waals surface area contributed by atoms with Crippen LogP contribution in [-0.2, 0) is 15.8 Å². The van der Waals surface area contributed by atoms with E-state index in [9.17, 15) is 27.6 Å². The lowest BCUT2D eigenvalue weighted by atomic mass is 10.1. The summed E-state index contributed by atoms with van der Waals surface area (Å²) in [6.07, 6.45) is -4.46. The van der Waals surface area contributed by atoms with Crippen molar-refractivity contribution in [3.05, 3.63) is 35.4 Å². The molecule has 128 valence electrons. The highest BCUT2D eigenvalue weighted by atomic mass is 19.4. The van der Waals surface area contributed by atoms with Crippen molar-refractivity contribution in [1.29, 1.82) is 0 Å². The molecule has 2 heterocycles. The zero-order chi connectivity index (χ0) is 17.5. The Bertz CT molecular complexity index is 687. The van der Waals surface area contributed by atoms with Gasteiger partial charge in [0.25, 0.3) is 5.91 Å². The third-order valence-corrected chi connectivity index (χ3v) is 4.16. The molecule has 2 aliphatic rings. The highest BCUT2D eigenvalue weighted by molar-refractivity contribution is 5.98. The molecule has 9 heteroatoms. The first-order valence-corrected chi connectivity index (χ1v) is 7.31. The van der Waals surface area contributed by atoms with Crippen molar-refractivity contribution in [3.63, 3.8) is 0 Å². The number of nitrogens with zero attached hydrogens (tertiary/aromatic N) is 2. The van der Waals surface area contributed by atoms with Gasteiger partial charge in [-0.1, -0.05) is 0 Å². The smallest absolute Gasteiger partial charge is 0.345 e. The molecule has 0 saturated carbocycles. The summed E-state index contributed by atoms with van der Waals surface area (Å²) in [5.41, 5.74) is -0.722. The maximum Gasteiger partial charge on any atom is 0.416 e. The predicted octanol–water partition coefficient (Wildman–Crippen LogP) is 0.488. The van der Waals surface area contributed by atoms with Gasteiger partial charge >= 0.3 is 6.18 Å². The lowest BCUT2D eigenvalue weighted by molar-refractivity contribution is -0.148. The number of fused-ring (bicyclic) bond motifs is 1. The zero-order valence-electron chi connectivity index (χ0n) is 12.5. The van der Waals surface area contributed by atoms with Gasteiger partial charge < -0.3 is 15.1 Å². The second-order valence-electron chi connectivity index (χ2n) is 5.65. The highest BCUT2D eigenvalue weighted by Crippen LogP contribution is 2.29. The van der Waals surface area contributed by atoms with Crippen LogP contribution in [0.3, 0.4) is 0 Å². The molecule has 2 aliphatic heterocycles. The number of piperazine rings is 2. The molecule has 0 radical (unpaired) electrons. The van der Waals surface area contributed by atoms with Crippen molar-refractivity contribution >= 4 is 17.7 Å². The maximum atomic E-state index is 12.6. The van der Waals surface area contributed by atoms with E-state index in [0.29, 0.717) is 0 Å². The molecule has 24 heavy (non-hydrogen) atoms. The Labute approximate surface area is 135 Å². The minimum Gasteiger partial charge on any atom is -0.345 e. The molecule has 1 atom stereocenters. The number of benzene rings is 1. The third kappa shape index (κ3) is 2.93. The van der Waals surface area contributed by atoms with Crippen LogP contribution in [0.5, 0.6) is 0 Å². The van der Waals surface area contributed by atoms with Gasteiger partial charge in [0.2, 0.25) is 11.8 Å². The van der Waals surface area contributed by atoms with E-state index in [1.165, 1.54) is 9.80 Å². The molecule has 1 N–H and O–H groups in total. The number of halogens is 3. The number of carbonyl (C=O) groups excluding carboxylic acids is 3. The largest absolute Gasteiger partial charge is 0.416 e. The number of alkyl halides is 3. The summed E-state index contributed by atoms with van der Waals surface area (Å²) < 4.78 is 37.7. The molecule has 0 spiro atoms. The minimum atomic E-state index is -4.46. The average molecular weight is 341 g/mol. The Kier molecular flexibility index (Phi) is 3.94. The fraction of sp³-hybridized carbons (Fsp3) is 0.400. The van der Waals surface area contributed by atoms with Crippen molar-refractivity contribution in [2.24, 2.45) is 0 Å². The van der Waals surface area contributed by atoms with Crippen LogP contribution < -0.4 is 5.32 Å². The second kappa shape index (κ2) is 5.81. The summed E-state index contributed by atoms with van der Waals surface area (Å²) in [4.78, 5) is 38.9. The summed E-state index contributed by atoms with van der Waals surface area (Å²) in [5.74, 6) is -1.00. The first kappa shape index (κ1) is 16.3. The van der Waals surface area contributed by atoms with E-state index in [2.05, 4.69) is 5.32 Å². The van der Waals surface area contributed by atoms with E-state index < -0.39 is 23.7 Å². The van der Waals surface area contributed by atoms with Gasteiger partial charge in [-0.25, -0.2) is 0 Å². The molecule has 0 aliphatic carbocycles. The summed E-state index contributed by atoms with van der Waals surface area (Å²) in [6.45, 7) is 0.429. The van der Waals surface area contributed by atoms with Crippen LogP contribution in [0.15, 0.2) is 24.3 Å². The topological polar surface area (TPSA) is 69.7 Å². The van der Waals surface area contributed by atoms with Gasteiger partial charge in [-0.3, -0.25) is 14.4 Å². The molecule has 1 aromatic rings. The quantitative estimate of drug-likeness (QED) is 0.808. The Balaban J connectivity index is 1.74. The molecule has 6 nitrogen and oxygen atoms in total. The van der Waals surface area contributed by atoms with Crippen molar-refractivity contribution in [2.75, 3.05) is 26.2 Å². The van der Waals surface area contributed by atoms with Crippen LogP contribution >= 0.6 is 0 Å². The van der Waals surface area contributed by atoms with Crippen molar-refractivity contribution in [2.45, 2.75) is 12.2 Å². The molecular weight excluding hydrogens is 327 g/mol. The molecule has 2 fully saturated rings. The third-order valence-electron chi connectivity index (χ3n) is 4.16. The van der Waals surface area contributed by atoms with Gasteiger partial charge in [0.1, 0.15) is 6.04 Å². The van der Waals surface area contributed by atoms with E-state index in [-0.39, 0.29) is 43.6 Å². The Morgan fingerprint density at radius 2 is 1.79 bits per heavy atom. The van der Waals surface area contributed by atoms with Crippen LogP contribution in [0.25, 0.3) is 0 Å². The van der Waals surface area contributed by atoms with Crippen LogP contribution in [0.1, 0.15) is 15.9 Å². The molecule has 2 saturated heterocycles. The van der Waals surface area contributed by atoms with Gasteiger partial charge in [0.05, 0.1) is 18.7 Å². The molecule has 0 aromatic heterocycles. The minimum absolute atomic E-state index is 0.0252. The monoisotopic (exact) mass is 341 g/mol. The molecule has 0 bridgehead atoms. The van der Waals surface area contributed by atoms with Crippen molar-refractivity contribution < 1.29 is 27.6 Å². The van der Waals surface area contributed by atoms with Gasteiger partial charge in [0, 0.05) is 18.7 Å². The Hall–Kier alpha value is -2.58. The molecule has 3 rings (SSSR count). The Morgan fingerprint density at radius 3 is 2.42 bits per heavy atom. The summed E-state index contributed by atoms with van der Waals surface area (Å²) in [5, 5.41) is 2.46. The van der Waals surface area contributed by atoms with Crippen LogP contribution in [0.4, 0.5) is 13.2 Å². The van der Waals surface area contributed by atoms with Crippen molar-refractivity contribution in [1.82, 2.24) is 15.1 Å². The van der Waals surface area contributed by atoms with Gasteiger partial charge in [-0.2, -0.15) is 13.2 Å². The summed E-state index contributed by atoms with van der Waals surface area (Å²) >= 11 is 0. The standard InChI is InChI=1S/C15H14F3N3O3/c16-15(17,18)10-3-1-9(2-4-10)14(24)20-5-6-21-11(8-20)13(23)19-7-12(21)22/h1-4,11H,5-8H2,(H,19,23)/t11-/m0/s1.